The van der Waals surface area contributed by atoms with E-state index in [1.165, 1.54) is 12.5 Å². The van der Waals surface area contributed by atoms with E-state index in [0.29, 0.717) is 13.1 Å². The van der Waals surface area contributed by atoms with Crippen LogP contribution in [0.25, 0.3) is 0 Å². The van der Waals surface area contributed by atoms with Crippen LogP contribution >= 0.6 is 0 Å². The van der Waals surface area contributed by atoms with E-state index in [-0.39, 0.29) is 11.5 Å². The zero-order valence-corrected chi connectivity index (χ0v) is 12.1. The van der Waals surface area contributed by atoms with Crippen LogP contribution in [0.3, 0.4) is 0 Å². The van der Waals surface area contributed by atoms with E-state index >= 15 is 0 Å². The van der Waals surface area contributed by atoms with Crippen LogP contribution in [-0.2, 0) is 6.54 Å². The summed E-state index contributed by atoms with van der Waals surface area (Å²) in [7, 11) is 0. The zero-order valence-electron chi connectivity index (χ0n) is 12.1. The summed E-state index contributed by atoms with van der Waals surface area (Å²) in [5.41, 5.74) is 0.117. The molecule has 0 bridgehead atoms. The number of phenols is 2. The number of nitrogens with one attached hydrogen (secondary N) is 1. The molecule has 0 spiro atoms. The Morgan fingerprint density at radius 2 is 1.95 bits per heavy atom. The Morgan fingerprint density at radius 3 is 2.55 bits per heavy atom. The van der Waals surface area contributed by atoms with E-state index in [0.717, 1.165) is 37.2 Å². The van der Waals surface area contributed by atoms with Crippen LogP contribution in [0, 0.1) is 5.92 Å². The third kappa shape index (κ3) is 3.87. The van der Waals surface area contributed by atoms with E-state index in [1.807, 2.05) is 0 Å². The topological polar surface area (TPSA) is 72.7 Å². The third-order valence-corrected chi connectivity index (χ3v) is 4.45. The molecular weight excluding hydrogens is 254 g/mol. The molecule has 1 aliphatic rings. The van der Waals surface area contributed by atoms with Gasteiger partial charge in [-0.25, -0.2) is 0 Å². The molecule has 1 aliphatic carbocycles. The smallest absolute Gasteiger partial charge is 0.123 e. The minimum Gasteiger partial charge on any atom is -0.508 e. The van der Waals surface area contributed by atoms with Gasteiger partial charge in [0.1, 0.15) is 11.5 Å². The number of aromatic hydroxyl groups is 2. The molecule has 0 saturated heterocycles. The number of hydrogen-bond donors (Lipinski definition) is 4. The van der Waals surface area contributed by atoms with E-state index in [1.54, 1.807) is 12.1 Å². The lowest BCUT2D eigenvalue weighted by Crippen LogP contribution is -2.43. The second kappa shape index (κ2) is 6.46. The van der Waals surface area contributed by atoms with Gasteiger partial charge in [0, 0.05) is 24.7 Å². The van der Waals surface area contributed by atoms with E-state index in [4.69, 9.17) is 0 Å². The molecule has 0 unspecified atom stereocenters. The lowest BCUT2D eigenvalue weighted by molar-refractivity contribution is -0.00884. The number of aliphatic hydroxyl groups is 1. The Bertz CT molecular complexity index is 439. The van der Waals surface area contributed by atoms with Gasteiger partial charge in [0.15, 0.2) is 0 Å². The maximum Gasteiger partial charge on any atom is 0.123 e. The Hall–Kier alpha value is -1.26. The fourth-order valence-electron chi connectivity index (χ4n) is 2.93. The first kappa shape index (κ1) is 15.1. The van der Waals surface area contributed by atoms with Crippen LogP contribution in [-0.4, -0.2) is 27.5 Å². The predicted octanol–water partition coefficient (Wildman–Crippen LogP) is 2.52. The Morgan fingerprint density at radius 1 is 1.25 bits per heavy atom. The van der Waals surface area contributed by atoms with Gasteiger partial charge in [-0.05, 0) is 37.7 Å². The van der Waals surface area contributed by atoms with E-state index < -0.39 is 5.60 Å². The molecule has 4 N–H and O–H groups in total. The summed E-state index contributed by atoms with van der Waals surface area (Å²) in [6, 6.07) is 4.58. The van der Waals surface area contributed by atoms with E-state index in [2.05, 4.69) is 12.2 Å². The molecule has 0 atom stereocenters. The monoisotopic (exact) mass is 279 g/mol. The zero-order chi connectivity index (χ0) is 14.6. The lowest BCUT2D eigenvalue weighted by atomic mass is 9.78. The van der Waals surface area contributed by atoms with Crippen molar-refractivity contribution in [1.82, 2.24) is 5.32 Å². The first-order valence-corrected chi connectivity index (χ1v) is 7.46. The second-order valence-electron chi connectivity index (χ2n) is 5.99. The van der Waals surface area contributed by atoms with Gasteiger partial charge in [-0.2, -0.15) is 0 Å². The first-order chi connectivity index (χ1) is 9.52. The van der Waals surface area contributed by atoms with Gasteiger partial charge in [0.25, 0.3) is 0 Å². The van der Waals surface area contributed by atoms with Gasteiger partial charge in [0.2, 0.25) is 0 Å². The van der Waals surface area contributed by atoms with Crippen molar-refractivity contribution in [3.05, 3.63) is 23.8 Å². The summed E-state index contributed by atoms with van der Waals surface area (Å²) < 4.78 is 0. The van der Waals surface area contributed by atoms with Gasteiger partial charge in [-0.3, -0.25) is 0 Å². The molecule has 112 valence electrons. The summed E-state index contributed by atoms with van der Waals surface area (Å²) in [5, 5.41) is 32.7. The van der Waals surface area contributed by atoms with Crippen molar-refractivity contribution in [1.29, 1.82) is 0 Å². The summed E-state index contributed by atoms with van der Waals surface area (Å²) in [6.45, 7) is 3.25. The minimum atomic E-state index is -0.613. The fourth-order valence-corrected chi connectivity index (χ4v) is 2.93. The van der Waals surface area contributed by atoms with Crippen LogP contribution in [0.4, 0.5) is 0 Å². The molecule has 1 fully saturated rings. The maximum absolute atomic E-state index is 10.5. The average Bonchev–Trinajstić information content (AvgIpc) is 2.42. The number of phenolic OH excluding ortho intramolecular Hbond substituents is 2. The summed E-state index contributed by atoms with van der Waals surface area (Å²) in [4.78, 5) is 0. The predicted molar refractivity (Wildman–Crippen MR) is 78.7 cm³/mol. The molecule has 1 saturated carbocycles. The highest BCUT2D eigenvalue weighted by Gasteiger charge is 2.32. The molecule has 0 amide bonds. The van der Waals surface area contributed by atoms with Crippen LogP contribution < -0.4 is 5.32 Å². The van der Waals surface area contributed by atoms with E-state index in [9.17, 15) is 15.3 Å². The SMILES string of the molecule is CCC1CCC(O)(CNCc2ccc(O)cc2O)CC1. The highest BCUT2D eigenvalue weighted by atomic mass is 16.3. The Labute approximate surface area is 120 Å². The van der Waals surface area contributed by atoms with Crippen LogP contribution in [0.2, 0.25) is 0 Å². The Balaban J connectivity index is 1.80. The Kier molecular flexibility index (Phi) is 4.89. The van der Waals surface area contributed by atoms with Crippen LogP contribution in [0.5, 0.6) is 11.5 Å². The second-order valence-corrected chi connectivity index (χ2v) is 5.99. The normalized spacial score (nSPS) is 26.6. The number of hydrogen-bond acceptors (Lipinski definition) is 4. The molecule has 0 aliphatic heterocycles. The van der Waals surface area contributed by atoms with Gasteiger partial charge in [-0.15, -0.1) is 0 Å². The molecule has 0 radical (unpaired) electrons. The van der Waals surface area contributed by atoms with Gasteiger partial charge in [0.05, 0.1) is 5.60 Å². The lowest BCUT2D eigenvalue weighted by Gasteiger charge is -2.36. The van der Waals surface area contributed by atoms with Crippen molar-refractivity contribution in [3.8, 4) is 11.5 Å². The summed E-state index contributed by atoms with van der Waals surface area (Å²) >= 11 is 0. The summed E-state index contributed by atoms with van der Waals surface area (Å²) in [6.07, 6.45) is 5.09. The van der Waals surface area contributed by atoms with Crippen molar-refractivity contribution in [2.24, 2.45) is 5.92 Å². The van der Waals surface area contributed by atoms with Crippen molar-refractivity contribution >= 4 is 0 Å². The fraction of sp³-hybridized carbons (Fsp3) is 0.625. The first-order valence-electron chi connectivity index (χ1n) is 7.46. The molecule has 1 aromatic carbocycles. The minimum absolute atomic E-state index is 0.0581. The molecule has 1 aromatic rings. The standard InChI is InChI=1S/C16H25NO3/c1-2-12-5-7-16(20,8-6-12)11-17-10-13-3-4-14(18)9-15(13)19/h3-4,9,12,17-20H,2,5-8,10-11H2,1H3. The molecule has 4 nitrogen and oxygen atoms in total. The van der Waals surface area contributed by atoms with Gasteiger partial charge in [-0.1, -0.05) is 19.4 Å². The van der Waals surface area contributed by atoms with Crippen molar-refractivity contribution in [2.75, 3.05) is 6.54 Å². The molecule has 4 heteroatoms. The van der Waals surface area contributed by atoms with Crippen molar-refractivity contribution < 1.29 is 15.3 Å². The third-order valence-electron chi connectivity index (χ3n) is 4.45. The van der Waals surface area contributed by atoms with Crippen LogP contribution in [0.1, 0.15) is 44.6 Å². The highest BCUT2D eigenvalue weighted by Crippen LogP contribution is 2.33. The van der Waals surface area contributed by atoms with Gasteiger partial charge >= 0.3 is 0 Å². The summed E-state index contributed by atoms with van der Waals surface area (Å²) in [5.74, 6) is 0.901. The van der Waals surface area contributed by atoms with Crippen molar-refractivity contribution in [3.63, 3.8) is 0 Å². The largest absolute Gasteiger partial charge is 0.508 e. The molecule has 0 heterocycles. The highest BCUT2D eigenvalue weighted by molar-refractivity contribution is 5.38. The van der Waals surface area contributed by atoms with Crippen molar-refractivity contribution in [2.45, 2.75) is 51.2 Å². The van der Waals surface area contributed by atoms with Gasteiger partial charge < -0.3 is 20.6 Å². The molecular formula is C16H25NO3. The van der Waals surface area contributed by atoms with Crippen LogP contribution in [0.15, 0.2) is 18.2 Å². The number of rotatable bonds is 5. The molecule has 0 aromatic heterocycles. The quantitative estimate of drug-likeness (QED) is 0.668. The molecule has 2 rings (SSSR count). The molecule has 20 heavy (non-hydrogen) atoms. The average molecular weight is 279 g/mol. The maximum atomic E-state index is 10.5. The number of benzene rings is 1.